The first-order valence-electron chi connectivity index (χ1n) is 7.47. The summed E-state index contributed by atoms with van der Waals surface area (Å²) < 4.78 is 29.0. The summed E-state index contributed by atoms with van der Waals surface area (Å²) in [5.74, 6) is 7.69. The summed E-state index contributed by atoms with van der Waals surface area (Å²) in [6, 6.07) is 8.12. The Bertz CT molecular complexity index is 603. The van der Waals surface area contributed by atoms with Gasteiger partial charge in [0.15, 0.2) is 9.84 Å². The molecule has 1 aromatic carbocycles. The predicted molar refractivity (Wildman–Crippen MR) is 81.8 cm³/mol. The fourth-order valence-corrected chi connectivity index (χ4v) is 5.38. The molecule has 116 valence electrons. The smallest absolute Gasteiger partial charge is 0.150 e. The predicted octanol–water partition coefficient (Wildman–Crippen LogP) is 1.21. The molecule has 3 atom stereocenters. The first-order chi connectivity index (χ1) is 10.1. The van der Waals surface area contributed by atoms with Crippen molar-refractivity contribution < 1.29 is 13.2 Å². The number of hydrogen-bond acceptors (Lipinski definition) is 5. The lowest BCUT2D eigenvalue weighted by molar-refractivity contribution is 0.244. The van der Waals surface area contributed by atoms with Gasteiger partial charge in [-0.2, -0.15) is 0 Å². The molecule has 2 aliphatic heterocycles. The van der Waals surface area contributed by atoms with Gasteiger partial charge in [-0.1, -0.05) is 18.2 Å². The second-order valence-electron chi connectivity index (χ2n) is 6.04. The molecule has 0 saturated carbocycles. The van der Waals surface area contributed by atoms with Crippen molar-refractivity contribution in [3.8, 4) is 5.75 Å². The Morgan fingerprint density at radius 3 is 2.86 bits per heavy atom. The average Bonchev–Trinajstić information content (AvgIpc) is 2.85. The van der Waals surface area contributed by atoms with Crippen LogP contribution in [-0.4, -0.2) is 32.6 Å². The summed E-state index contributed by atoms with van der Waals surface area (Å²) in [6.07, 6.45) is 2.52. The maximum atomic E-state index is 11.7. The molecule has 0 spiro atoms. The lowest BCUT2D eigenvalue weighted by Crippen LogP contribution is -2.42. The van der Waals surface area contributed by atoms with E-state index < -0.39 is 9.84 Å². The standard InChI is InChI=1S/C15H22N2O3S/c16-17-14(12-6-8-21(18,19)10-12)9-11-5-7-20-15-4-2-1-3-13(11)15/h1-4,11-12,14,17H,5-10,16H2. The van der Waals surface area contributed by atoms with Gasteiger partial charge >= 0.3 is 0 Å². The highest BCUT2D eigenvalue weighted by Crippen LogP contribution is 2.38. The van der Waals surface area contributed by atoms with Crippen molar-refractivity contribution in [1.29, 1.82) is 0 Å². The Morgan fingerprint density at radius 2 is 2.14 bits per heavy atom. The number of rotatable bonds is 4. The van der Waals surface area contributed by atoms with E-state index in [1.54, 1.807) is 0 Å². The second kappa shape index (κ2) is 5.94. The second-order valence-corrected chi connectivity index (χ2v) is 8.27. The molecule has 2 heterocycles. The van der Waals surface area contributed by atoms with Gasteiger partial charge in [0.1, 0.15) is 5.75 Å². The van der Waals surface area contributed by atoms with Crippen LogP contribution in [0.5, 0.6) is 5.75 Å². The van der Waals surface area contributed by atoms with Gasteiger partial charge in [0.25, 0.3) is 0 Å². The van der Waals surface area contributed by atoms with Crippen molar-refractivity contribution in [3.05, 3.63) is 29.8 Å². The van der Waals surface area contributed by atoms with Crippen LogP contribution >= 0.6 is 0 Å². The lowest BCUT2D eigenvalue weighted by atomic mass is 9.83. The Balaban J connectivity index is 1.74. The van der Waals surface area contributed by atoms with E-state index in [2.05, 4.69) is 11.5 Å². The van der Waals surface area contributed by atoms with Crippen molar-refractivity contribution in [2.24, 2.45) is 11.8 Å². The topological polar surface area (TPSA) is 81.4 Å². The summed E-state index contributed by atoms with van der Waals surface area (Å²) >= 11 is 0. The minimum absolute atomic E-state index is 0.0402. The third-order valence-electron chi connectivity index (χ3n) is 4.67. The molecular formula is C15H22N2O3S. The van der Waals surface area contributed by atoms with Crippen LogP contribution in [0, 0.1) is 5.92 Å². The van der Waals surface area contributed by atoms with Gasteiger partial charge in [-0.25, -0.2) is 8.42 Å². The number of hydrogen-bond donors (Lipinski definition) is 2. The maximum absolute atomic E-state index is 11.7. The molecule has 21 heavy (non-hydrogen) atoms. The monoisotopic (exact) mass is 310 g/mol. The fourth-order valence-electron chi connectivity index (χ4n) is 3.50. The van der Waals surface area contributed by atoms with Crippen LogP contribution in [0.15, 0.2) is 24.3 Å². The van der Waals surface area contributed by atoms with E-state index in [1.807, 2.05) is 18.2 Å². The Labute approximate surface area is 125 Å². The van der Waals surface area contributed by atoms with Gasteiger partial charge in [-0.15, -0.1) is 0 Å². The van der Waals surface area contributed by atoms with Crippen LogP contribution in [0.25, 0.3) is 0 Å². The molecule has 3 unspecified atom stereocenters. The number of hydrazine groups is 1. The van der Waals surface area contributed by atoms with Crippen molar-refractivity contribution in [3.63, 3.8) is 0 Å². The van der Waals surface area contributed by atoms with Crippen LogP contribution in [0.3, 0.4) is 0 Å². The fraction of sp³-hybridized carbons (Fsp3) is 0.600. The van der Waals surface area contributed by atoms with E-state index in [1.165, 1.54) is 5.56 Å². The summed E-state index contributed by atoms with van der Waals surface area (Å²) in [4.78, 5) is 0. The highest BCUT2D eigenvalue weighted by atomic mass is 32.2. The summed E-state index contributed by atoms with van der Waals surface area (Å²) in [7, 11) is -2.87. The maximum Gasteiger partial charge on any atom is 0.150 e. The molecule has 1 saturated heterocycles. The van der Waals surface area contributed by atoms with Gasteiger partial charge in [0.05, 0.1) is 18.1 Å². The molecule has 0 aromatic heterocycles. The van der Waals surface area contributed by atoms with E-state index in [9.17, 15) is 8.42 Å². The van der Waals surface area contributed by atoms with Crippen molar-refractivity contribution >= 4 is 9.84 Å². The molecule has 1 fully saturated rings. The minimum atomic E-state index is -2.87. The number of para-hydroxylation sites is 1. The minimum Gasteiger partial charge on any atom is -0.493 e. The normalized spacial score (nSPS) is 28.6. The molecule has 0 aliphatic carbocycles. The average molecular weight is 310 g/mol. The third kappa shape index (κ3) is 3.22. The number of sulfone groups is 1. The summed E-state index contributed by atoms with van der Waals surface area (Å²) in [5, 5.41) is 0. The van der Waals surface area contributed by atoms with Crippen LogP contribution in [0.2, 0.25) is 0 Å². The SMILES string of the molecule is NNC(CC1CCOc2ccccc21)C1CCS(=O)(=O)C1. The van der Waals surface area contributed by atoms with Crippen LogP contribution in [0.1, 0.15) is 30.7 Å². The number of nitrogens with two attached hydrogens (primary N) is 1. The zero-order valence-corrected chi connectivity index (χ0v) is 12.8. The molecule has 2 aliphatic rings. The van der Waals surface area contributed by atoms with Crippen molar-refractivity contribution in [1.82, 2.24) is 5.43 Å². The molecule has 5 nitrogen and oxygen atoms in total. The van der Waals surface area contributed by atoms with Crippen LogP contribution < -0.4 is 16.0 Å². The quantitative estimate of drug-likeness (QED) is 0.645. The number of nitrogens with one attached hydrogen (secondary N) is 1. The molecule has 0 amide bonds. The third-order valence-corrected chi connectivity index (χ3v) is 6.47. The van der Waals surface area contributed by atoms with E-state index in [0.717, 1.165) is 18.6 Å². The van der Waals surface area contributed by atoms with Gasteiger partial charge in [-0.05, 0) is 42.7 Å². The van der Waals surface area contributed by atoms with Gasteiger partial charge < -0.3 is 4.74 Å². The number of ether oxygens (including phenoxy) is 1. The highest BCUT2D eigenvalue weighted by Gasteiger charge is 2.35. The van der Waals surface area contributed by atoms with Gasteiger partial charge in [-0.3, -0.25) is 11.3 Å². The Kier molecular flexibility index (Phi) is 4.19. The molecule has 3 rings (SSSR count). The van der Waals surface area contributed by atoms with E-state index >= 15 is 0 Å². The highest BCUT2D eigenvalue weighted by molar-refractivity contribution is 7.91. The number of benzene rings is 1. The largest absolute Gasteiger partial charge is 0.493 e. The molecule has 3 N–H and O–H groups in total. The van der Waals surface area contributed by atoms with E-state index in [0.29, 0.717) is 24.7 Å². The van der Waals surface area contributed by atoms with E-state index in [-0.39, 0.29) is 17.7 Å². The van der Waals surface area contributed by atoms with Crippen LogP contribution in [0.4, 0.5) is 0 Å². The first kappa shape index (κ1) is 14.8. The number of fused-ring (bicyclic) bond motifs is 1. The Morgan fingerprint density at radius 1 is 1.33 bits per heavy atom. The summed E-state index contributed by atoms with van der Waals surface area (Å²) in [5.41, 5.74) is 4.07. The lowest BCUT2D eigenvalue weighted by Gasteiger charge is -2.31. The van der Waals surface area contributed by atoms with Crippen molar-refractivity contribution in [2.45, 2.75) is 31.2 Å². The van der Waals surface area contributed by atoms with E-state index in [4.69, 9.17) is 10.6 Å². The zero-order valence-electron chi connectivity index (χ0n) is 12.0. The Hall–Kier alpha value is -1.11. The van der Waals surface area contributed by atoms with Crippen molar-refractivity contribution in [2.75, 3.05) is 18.1 Å². The molecule has 0 bridgehead atoms. The first-order valence-corrected chi connectivity index (χ1v) is 9.29. The summed E-state index contributed by atoms with van der Waals surface area (Å²) in [6.45, 7) is 0.710. The zero-order chi connectivity index (χ0) is 14.9. The molecule has 6 heteroatoms. The van der Waals surface area contributed by atoms with Gasteiger partial charge in [0.2, 0.25) is 0 Å². The molecule has 1 aromatic rings. The molecule has 0 radical (unpaired) electrons. The van der Waals surface area contributed by atoms with Gasteiger partial charge in [0, 0.05) is 6.04 Å². The van der Waals surface area contributed by atoms with Crippen LogP contribution in [-0.2, 0) is 9.84 Å². The molecular weight excluding hydrogens is 288 g/mol.